The summed E-state index contributed by atoms with van der Waals surface area (Å²) in [6.45, 7) is 7.12. The third kappa shape index (κ3) is 4.24. The molecule has 156 valence electrons. The molecule has 0 saturated carbocycles. The van der Waals surface area contributed by atoms with Crippen molar-refractivity contribution in [2.24, 2.45) is 0 Å². The van der Waals surface area contributed by atoms with Gasteiger partial charge in [-0.15, -0.1) is 11.3 Å². The van der Waals surface area contributed by atoms with Gasteiger partial charge in [0.1, 0.15) is 5.01 Å². The lowest BCUT2D eigenvalue weighted by Gasteiger charge is -2.23. The number of amides is 2. The normalized spacial score (nSPS) is 16.8. The number of nitrogens with zero attached hydrogens (tertiary/aromatic N) is 2. The van der Waals surface area contributed by atoms with Crippen LogP contribution in [0, 0.1) is 0 Å². The van der Waals surface area contributed by atoms with Gasteiger partial charge in [-0.05, 0) is 48.1 Å². The van der Waals surface area contributed by atoms with Crippen molar-refractivity contribution in [1.29, 1.82) is 0 Å². The molecule has 6 heteroatoms. The predicted molar refractivity (Wildman–Crippen MR) is 121 cm³/mol. The smallest absolute Gasteiger partial charge is 0.251 e. The van der Waals surface area contributed by atoms with E-state index in [2.05, 4.69) is 32.2 Å². The Morgan fingerprint density at radius 3 is 2.57 bits per heavy atom. The van der Waals surface area contributed by atoms with Gasteiger partial charge >= 0.3 is 0 Å². The van der Waals surface area contributed by atoms with E-state index in [1.54, 1.807) is 11.3 Å². The van der Waals surface area contributed by atoms with Gasteiger partial charge in [-0.1, -0.05) is 45.0 Å². The van der Waals surface area contributed by atoms with Gasteiger partial charge in [0.15, 0.2) is 0 Å². The van der Waals surface area contributed by atoms with E-state index in [0.29, 0.717) is 12.1 Å². The quantitative estimate of drug-likeness (QED) is 0.665. The minimum atomic E-state index is -0.223. The van der Waals surface area contributed by atoms with Crippen LogP contribution in [-0.2, 0) is 10.2 Å². The monoisotopic (exact) mass is 421 g/mol. The molecule has 3 aromatic rings. The minimum Gasteiger partial charge on any atom is -0.343 e. The number of benzene rings is 2. The van der Waals surface area contributed by atoms with Crippen molar-refractivity contribution in [3.8, 4) is 0 Å². The van der Waals surface area contributed by atoms with Crippen LogP contribution >= 0.6 is 11.3 Å². The Morgan fingerprint density at radius 1 is 1.13 bits per heavy atom. The fourth-order valence-electron chi connectivity index (χ4n) is 3.84. The summed E-state index contributed by atoms with van der Waals surface area (Å²) >= 11 is 1.65. The first-order valence-corrected chi connectivity index (χ1v) is 11.2. The molecule has 5 nitrogen and oxygen atoms in total. The number of carbonyl (C=O) groups is 2. The molecule has 1 aromatic heterocycles. The summed E-state index contributed by atoms with van der Waals surface area (Å²) in [7, 11) is 0. The van der Waals surface area contributed by atoms with E-state index in [4.69, 9.17) is 4.98 Å². The van der Waals surface area contributed by atoms with Crippen molar-refractivity contribution in [3.63, 3.8) is 0 Å². The molecule has 1 aliphatic heterocycles. The molecular formula is C24H27N3O2S. The van der Waals surface area contributed by atoms with E-state index >= 15 is 0 Å². The lowest BCUT2D eigenvalue weighted by Crippen LogP contribution is -2.39. The van der Waals surface area contributed by atoms with Crippen molar-refractivity contribution in [3.05, 3.63) is 64.7 Å². The fraction of sp³-hybridized carbons (Fsp3) is 0.375. The van der Waals surface area contributed by atoms with E-state index in [9.17, 15) is 9.59 Å². The molecule has 0 aliphatic carbocycles. The highest BCUT2D eigenvalue weighted by Gasteiger charge is 2.32. The summed E-state index contributed by atoms with van der Waals surface area (Å²) in [5.41, 5.74) is 2.76. The van der Waals surface area contributed by atoms with Gasteiger partial charge in [0, 0.05) is 12.1 Å². The molecule has 1 fully saturated rings. The third-order valence-corrected chi connectivity index (χ3v) is 6.72. The maximum absolute atomic E-state index is 12.9. The molecule has 2 aromatic carbocycles. The first kappa shape index (κ1) is 20.5. The molecule has 1 unspecified atom stereocenters. The summed E-state index contributed by atoms with van der Waals surface area (Å²) in [6.07, 6.45) is 1.86. The Balaban J connectivity index is 1.40. The zero-order valence-electron chi connectivity index (χ0n) is 17.6. The van der Waals surface area contributed by atoms with Gasteiger partial charge in [0.25, 0.3) is 5.91 Å². The van der Waals surface area contributed by atoms with Crippen LogP contribution in [0.1, 0.15) is 60.6 Å². The maximum Gasteiger partial charge on any atom is 0.251 e. The van der Waals surface area contributed by atoms with Crippen LogP contribution in [0.5, 0.6) is 0 Å². The number of rotatable bonds is 4. The van der Waals surface area contributed by atoms with Gasteiger partial charge < -0.3 is 10.2 Å². The van der Waals surface area contributed by atoms with Crippen LogP contribution in [0.15, 0.2) is 48.5 Å². The Morgan fingerprint density at radius 2 is 1.87 bits per heavy atom. The van der Waals surface area contributed by atoms with E-state index in [1.165, 1.54) is 5.56 Å². The second-order valence-corrected chi connectivity index (χ2v) is 9.84. The van der Waals surface area contributed by atoms with Crippen LogP contribution in [0.2, 0.25) is 0 Å². The number of para-hydroxylation sites is 1. The topological polar surface area (TPSA) is 62.3 Å². The SMILES string of the molecule is CC(C)(C)c1ccc(C(=O)NCC(=O)N2CCCC2c2nc3ccccc3s2)cc1. The molecule has 1 N–H and O–H groups in total. The number of aromatic nitrogens is 1. The lowest BCUT2D eigenvalue weighted by molar-refractivity contribution is -0.131. The van der Waals surface area contributed by atoms with Gasteiger partial charge in [-0.3, -0.25) is 9.59 Å². The Labute approximate surface area is 181 Å². The minimum absolute atomic E-state index is 0.00124. The number of thiazole rings is 1. The first-order valence-electron chi connectivity index (χ1n) is 10.4. The van der Waals surface area contributed by atoms with Gasteiger partial charge in [0.2, 0.25) is 5.91 Å². The molecule has 30 heavy (non-hydrogen) atoms. The number of hydrogen-bond acceptors (Lipinski definition) is 4. The molecule has 1 aliphatic rings. The number of nitrogens with one attached hydrogen (secondary N) is 1. The number of fused-ring (bicyclic) bond motifs is 1. The fourth-order valence-corrected chi connectivity index (χ4v) is 4.95. The number of carbonyl (C=O) groups excluding carboxylic acids is 2. The van der Waals surface area contributed by atoms with Crippen molar-refractivity contribution in [1.82, 2.24) is 15.2 Å². The van der Waals surface area contributed by atoms with E-state index < -0.39 is 0 Å². The van der Waals surface area contributed by atoms with E-state index in [-0.39, 0.29) is 29.8 Å². The highest BCUT2D eigenvalue weighted by Crippen LogP contribution is 2.36. The van der Waals surface area contributed by atoms with E-state index in [0.717, 1.165) is 28.1 Å². The molecule has 1 saturated heterocycles. The number of hydrogen-bond donors (Lipinski definition) is 1. The van der Waals surface area contributed by atoms with Crippen LogP contribution in [0.25, 0.3) is 10.2 Å². The summed E-state index contributed by atoms with van der Waals surface area (Å²) in [5, 5.41) is 3.76. The molecule has 0 radical (unpaired) electrons. The molecule has 2 amide bonds. The van der Waals surface area contributed by atoms with Crippen LogP contribution in [-0.4, -0.2) is 34.8 Å². The van der Waals surface area contributed by atoms with Crippen molar-refractivity contribution in [2.75, 3.05) is 13.1 Å². The largest absolute Gasteiger partial charge is 0.343 e. The first-order chi connectivity index (χ1) is 14.3. The number of likely N-dealkylation sites (tertiary alicyclic amines) is 1. The molecule has 2 heterocycles. The summed E-state index contributed by atoms with van der Waals surface area (Å²) in [4.78, 5) is 32.0. The molecule has 0 bridgehead atoms. The average molecular weight is 422 g/mol. The van der Waals surface area contributed by atoms with Gasteiger partial charge in [-0.2, -0.15) is 0 Å². The standard InChI is InChI=1S/C24H27N3O2S/c1-24(2,3)17-12-10-16(11-13-17)22(29)25-15-21(28)27-14-6-8-19(27)23-26-18-7-4-5-9-20(18)30-23/h4-5,7,9-13,19H,6,8,14-15H2,1-3H3,(H,25,29). The average Bonchev–Trinajstić information content (AvgIpc) is 3.37. The maximum atomic E-state index is 12.9. The second-order valence-electron chi connectivity index (χ2n) is 8.78. The van der Waals surface area contributed by atoms with Crippen molar-refractivity contribution in [2.45, 2.75) is 45.1 Å². The van der Waals surface area contributed by atoms with Crippen molar-refractivity contribution < 1.29 is 9.59 Å². The second kappa shape index (κ2) is 8.19. The summed E-state index contributed by atoms with van der Waals surface area (Å²) in [6, 6.07) is 15.6. The molecule has 1 atom stereocenters. The molecular weight excluding hydrogens is 394 g/mol. The highest BCUT2D eigenvalue weighted by molar-refractivity contribution is 7.18. The third-order valence-electron chi connectivity index (χ3n) is 5.58. The van der Waals surface area contributed by atoms with Gasteiger partial charge in [0.05, 0.1) is 22.8 Å². The highest BCUT2D eigenvalue weighted by atomic mass is 32.1. The zero-order valence-corrected chi connectivity index (χ0v) is 18.5. The van der Waals surface area contributed by atoms with Gasteiger partial charge in [-0.25, -0.2) is 4.98 Å². The van der Waals surface area contributed by atoms with Crippen LogP contribution in [0.4, 0.5) is 0 Å². The summed E-state index contributed by atoms with van der Waals surface area (Å²) < 4.78 is 1.14. The Kier molecular flexibility index (Phi) is 5.60. The molecule has 4 rings (SSSR count). The Hall–Kier alpha value is -2.73. The lowest BCUT2D eigenvalue weighted by atomic mass is 9.87. The van der Waals surface area contributed by atoms with Crippen molar-refractivity contribution >= 4 is 33.4 Å². The zero-order chi connectivity index (χ0) is 21.3. The van der Waals surface area contributed by atoms with E-state index in [1.807, 2.05) is 47.4 Å². The predicted octanol–water partition coefficient (Wildman–Crippen LogP) is 4.69. The summed E-state index contributed by atoms with van der Waals surface area (Å²) in [5.74, 6) is -0.282. The Bertz CT molecular complexity index is 1030. The van der Waals surface area contributed by atoms with Crippen LogP contribution < -0.4 is 5.32 Å². The van der Waals surface area contributed by atoms with Crippen LogP contribution in [0.3, 0.4) is 0 Å². The molecule has 0 spiro atoms.